The maximum Gasteiger partial charge on any atom is 0.472 e. The van der Waals surface area contributed by atoms with Crippen molar-refractivity contribution in [3.05, 3.63) is 72.9 Å². The predicted octanol–water partition coefficient (Wildman–Crippen LogP) is 11.7. The van der Waals surface area contributed by atoms with E-state index < -0.39 is 51.1 Å². The lowest BCUT2D eigenvalue weighted by Crippen LogP contribution is -2.34. The quantitative estimate of drug-likeness (QED) is 0.0232. The number of carbonyl (C=O) groups is 3. The number of nitrogens with two attached hydrogens (primary N) is 1. The summed E-state index contributed by atoms with van der Waals surface area (Å²) in [6.45, 7) is 2.67. The molecule has 0 aliphatic rings. The summed E-state index contributed by atoms with van der Waals surface area (Å²) in [7, 11) is -4.74. The number of phosphoric acid groups is 1. The number of carboxylic acids is 1. The summed E-state index contributed by atoms with van der Waals surface area (Å²) in [5.74, 6) is -2.50. The molecule has 0 amide bonds. The van der Waals surface area contributed by atoms with E-state index in [-0.39, 0.29) is 19.4 Å². The van der Waals surface area contributed by atoms with Crippen molar-refractivity contribution in [2.24, 2.45) is 5.73 Å². The van der Waals surface area contributed by atoms with E-state index in [0.717, 1.165) is 51.4 Å². The second kappa shape index (κ2) is 40.7. The summed E-state index contributed by atoms with van der Waals surface area (Å²) in [6, 6.07) is -1.54. The minimum Gasteiger partial charge on any atom is -0.480 e. The van der Waals surface area contributed by atoms with Crippen molar-refractivity contribution in [1.29, 1.82) is 0 Å². The number of carbonyl (C=O) groups excluding carboxylic acids is 2. The van der Waals surface area contributed by atoms with Crippen molar-refractivity contribution in [1.82, 2.24) is 0 Å². The molecule has 4 N–H and O–H groups in total. The van der Waals surface area contributed by atoms with E-state index in [9.17, 15) is 23.8 Å². The fraction of sp³-hybridized carbons (Fsp3) is 0.674. The van der Waals surface area contributed by atoms with Gasteiger partial charge in [0, 0.05) is 12.8 Å². The number of carboxylic acid groups (broad SMARTS) is 1. The van der Waals surface area contributed by atoms with Gasteiger partial charge in [0.2, 0.25) is 0 Å². The van der Waals surface area contributed by atoms with Crippen LogP contribution in [0.1, 0.15) is 168 Å². The van der Waals surface area contributed by atoms with E-state index in [4.69, 9.17) is 24.8 Å². The van der Waals surface area contributed by atoms with Crippen molar-refractivity contribution < 1.29 is 47.5 Å². The van der Waals surface area contributed by atoms with Crippen LogP contribution in [-0.4, -0.2) is 59.9 Å². The topological polar surface area (TPSA) is 172 Å². The molecule has 0 aromatic rings. The summed E-state index contributed by atoms with van der Waals surface area (Å²) in [6.07, 6.45) is 48.3. The van der Waals surface area contributed by atoms with E-state index in [2.05, 4.69) is 79.1 Å². The van der Waals surface area contributed by atoms with Crippen LogP contribution < -0.4 is 5.73 Å². The van der Waals surface area contributed by atoms with Crippen LogP contribution in [-0.2, 0) is 37.5 Å². The summed E-state index contributed by atoms with van der Waals surface area (Å²) in [5, 5.41) is 8.89. The summed E-state index contributed by atoms with van der Waals surface area (Å²) < 4.78 is 32.6. The molecule has 11 nitrogen and oxygen atoms in total. The first-order valence-corrected chi connectivity index (χ1v) is 23.5. The fourth-order valence-corrected chi connectivity index (χ4v) is 6.23. The first-order chi connectivity index (χ1) is 28.1. The third kappa shape index (κ3) is 39.7. The zero-order valence-corrected chi connectivity index (χ0v) is 36.8. The number of aliphatic carboxylic acids is 1. The minimum absolute atomic E-state index is 0.0339. The number of hydrogen-bond acceptors (Lipinski definition) is 9. The average Bonchev–Trinajstić information content (AvgIpc) is 3.20. The van der Waals surface area contributed by atoms with Gasteiger partial charge in [-0.3, -0.25) is 23.4 Å². The average molecular weight is 836 g/mol. The van der Waals surface area contributed by atoms with Gasteiger partial charge < -0.3 is 25.2 Å². The standard InChI is InChI=1S/C46H78NO10P/c1-3-5-7-9-11-13-15-17-19-20-21-22-24-26-28-30-32-34-36-38-45(49)57-42(40-55-58(52,53)56-41-43(47)46(50)51)39-54-44(48)37-35-33-31-29-27-25-23-18-16-14-12-10-8-6-4-2/h11,13-14,16-17,19,21-22,26,28,32,34,42-43H,3-10,12,15,18,20,23-25,27,29-31,33,35-41,47H2,1-2H3,(H,50,51)(H,52,53)/b13-11+,16-14+,19-17+,22-21+,28-26+,34-32+/t42-,43+/m1/s1. The van der Waals surface area contributed by atoms with Gasteiger partial charge in [0.25, 0.3) is 0 Å². The molecule has 58 heavy (non-hydrogen) atoms. The maximum absolute atomic E-state index is 12.6. The molecule has 0 rings (SSSR count). The van der Waals surface area contributed by atoms with Crippen LogP contribution in [0.15, 0.2) is 72.9 Å². The minimum atomic E-state index is -4.74. The molecule has 0 heterocycles. The molecule has 3 atom stereocenters. The molecule has 0 spiro atoms. The second-order valence-corrected chi connectivity index (χ2v) is 15.9. The lowest BCUT2D eigenvalue weighted by atomic mass is 10.1. The third-order valence-electron chi connectivity index (χ3n) is 8.94. The van der Waals surface area contributed by atoms with Crippen LogP contribution in [0.5, 0.6) is 0 Å². The first kappa shape index (κ1) is 54.9. The Morgan fingerprint density at radius 3 is 1.48 bits per heavy atom. The van der Waals surface area contributed by atoms with Gasteiger partial charge in [-0.25, -0.2) is 4.57 Å². The number of ether oxygens (including phenoxy) is 2. The van der Waals surface area contributed by atoms with Crippen molar-refractivity contribution in [3.8, 4) is 0 Å². The number of allylic oxidation sites excluding steroid dienone is 12. The molecule has 0 bridgehead atoms. The summed E-state index contributed by atoms with van der Waals surface area (Å²) in [5.41, 5.74) is 5.33. The Kier molecular flexibility index (Phi) is 38.5. The number of esters is 2. The van der Waals surface area contributed by atoms with Crippen molar-refractivity contribution in [2.75, 3.05) is 19.8 Å². The lowest BCUT2D eigenvalue weighted by molar-refractivity contribution is -0.161. The normalized spacial score (nSPS) is 14.4. The number of rotatable bonds is 40. The van der Waals surface area contributed by atoms with Gasteiger partial charge in [-0.05, 0) is 77.0 Å². The molecule has 0 aliphatic heterocycles. The van der Waals surface area contributed by atoms with Gasteiger partial charge in [-0.15, -0.1) is 0 Å². The van der Waals surface area contributed by atoms with E-state index in [1.807, 2.05) is 12.2 Å². The van der Waals surface area contributed by atoms with Crippen LogP contribution >= 0.6 is 7.82 Å². The number of unbranched alkanes of at least 4 members (excludes halogenated alkanes) is 14. The second-order valence-electron chi connectivity index (χ2n) is 14.5. The fourth-order valence-electron chi connectivity index (χ4n) is 5.45. The molecule has 0 saturated carbocycles. The molecule has 0 aromatic carbocycles. The zero-order valence-electron chi connectivity index (χ0n) is 35.9. The molecule has 1 unspecified atom stereocenters. The molecular weight excluding hydrogens is 757 g/mol. The highest BCUT2D eigenvalue weighted by Crippen LogP contribution is 2.43. The Morgan fingerprint density at radius 1 is 0.534 bits per heavy atom. The van der Waals surface area contributed by atoms with Gasteiger partial charge >= 0.3 is 25.7 Å². The van der Waals surface area contributed by atoms with Gasteiger partial charge in [-0.1, -0.05) is 151 Å². The van der Waals surface area contributed by atoms with Gasteiger partial charge in [0.05, 0.1) is 13.2 Å². The van der Waals surface area contributed by atoms with Gasteiger partial charge in [0.1, 0.15) is 12.6 Å². The molecule has 332 valence electrons. The SMILES string of the molecule is CCCCC/C=C/C/C=C/C/C=C/C/C=C/C/C=C/CCC(=O)O[C@H](COC(=O)CCCCCCCCC/C=C/CCCCCC)COP(=O)(O)OC[C@H](N)C(=O)O. The van der Waals surface area contributed by atoms with Crippen molar-refractivity contribution in [3.63, 3.8) is 0 Å². The maximum atomic E-state index is 12.6. The van der Waals surface area contributed by atoms with E-state index >= 15 is 0 Å². The molecule has 0 saturated heterocycles. The Balaban J connectivity index is 4.51. The van der Waals surface area contributed by atoms with Crippen molar-refractivity contribution >= 4 is 25.7 Å². The molecule has 12 heteroatoms. The summed E-state index contributed by atoms with van der Waals surface area (Å²) >= 11 is 0. The van der Waals surface area contributed by atoms with Crippen LogP contribution in [0, 0.1) is 0 Å². The highest BCUT2D eigenvalue weighted by molar-refractivity contribution is 7.47. The monoisotopic (exact) mass is 836 g/mol. The highest BCUT2D eigenvalue weighted by atomic mass is 31.2. The summed E-state index contributed by atoms with van der Waals surface area (Å²) in [4.78, 5) is 45.9. The third-order valence-corrected chi connectivity index (χ3v) is 9.89. The first-order valence-electron chi connectivity index (χ1n) is 22.0. The Bertz CT molecular complexity index is 1260. The Hall–Kier alpha value is -3.08. The van der Waals surface area contributed by atoms with Crippen LogP contribution in [0.4, 0.5) is 0 Å². The molecule has 0 aromatic heterocycles. The largest absolute Gasteiger partial charge is 0.480 e. The zero-order chi connectivity index (χ0) is 42.8. The smallest absolute Gasteiger partial charge is 0.472 e. The molecule has 0 fully saturated rings. The Morgan fingerprint density at radius 2 is 0.948 bits per heavy atom. The highest BCUT2D eigenvalue weighted by Gasteiger charge is 2.28. The van der Waals surface area contributed by atoms with Gasteiger partial charge in [0.15, 0.2) is 6.10 Å². The molecule has 0 radical (unpaired) electrons. The van der Waals surface area contributed by atoms with Gasteiger partial charge in [-0.2, -0.15) is 0 Å². The van der Waals surface area contributed by atoms with Crippen LogP contribution in [0.3, 0.4) is 0 Å². The predicted molar refractivity (Wildman–Crippen MR) is 235 cm³/mol. The molecular formula is C46H78NO10P. The van der Waals surface area contributed by atoms with E-state index in [1.54, 1.807) is 0 Å². The van der Waals surface area contributed by atoms with Crippen LogP contribution in [0.2, 0.25) is 0 Å². The van der Waals surface area contributed by atoms with E-state index in [0.29, 0.717) is 19.3 Å². The number of phosphoric ester groups is 1. The van der Waals surface area contributed by atoms with E-state index in [1.165, 1.54) is 70.6 Å². The van der Waals surface area contributed by atoms with Crippen LogP contribution in [0.25, 0.3) is 0 Å². The van der Waals surface area contributed by atoms with Crippen molar-refractivity contribution in [2.45, 2.75) is 180 Å². The number of hydrogen-bond donors (Lipinski definition) is 3. The Labute approximate surface area is 350 Å². The molecule has 0 aliphatic carbocycles. The lowest BCUT2D eigenvalue weighted by Gasteiger charge is -2.20.